The first-order valence-electron chi connectivity index (χ1n) is 6.09. The zero-order valence-corrected chi connectivity index (χ0v) is 12.8. The molecular weight excluding hydrogens is 277 g/mol. The first-order valence-corrected chi connectivity index (χ1v) is 6.09. The zero-order valence-electron chi connectivity index (χ0n) is 12.8. The van der Waals surface area contributed by atoms with Crippen molar-refractivity contribution >= 4 is 0 Å². The van der Waals surface area contributed by atoms with Gasteiger partial charge in [-0.15, -0.1) is 12.3 Å². The molecule has 0 aliphatic heterocycles. The van der Waals surface area contributed by atoms with Gasteiger partial charge in [-0.1, -0.05) is 24.8 Å². The molecule has 0 aromatic heterocycles. The smallest absolute Gasteiger partial charge is 0.416 e. The number of halogens is 3. The molecule has 0 unspecified atom stereocenters. The van der Waals surface area contributed by atoms with Crippen molar-refractivity contribution in [3.05, 3.63) is 60.1 Å². The van der Waals surface area contributed by atoms with Crippen molar-refractivity contribution in [1.82, 2.24) is 0 Å². The van der Waals surface area contributed by atoms with E-state index in [2.05, 4.69) is 25.5 Å². The Balaban J connectivity index is 0. The van der Waals surface area contributed by atoms with E-state index in [1.807, 2.05) is 13.8 Å². The van der Waals surface area contributed by atoms with Crippen molar-refractivity contribution < 1.29 is 17.9 Å². The number of hydrogen-bond acceptors (Lipinski definition) is 1. The summed E-state index contributed by atoms with van der Waals surface area (Å²) in [6.07, 6.45) is 5.04. The van der Waals surface area contributed by atoms with Gasteiger partial charge in [-0.05, 0) is 45.9 Å². The molecule has 0 N–H and O–H groups in total. The molecular formula is C17H21F3O. The van der Waals surface area contributed by atoms with Gasteiger partial charge in [0.15, 0.2) is 0 Å². The number of terminal acetylenes is 1. The van der Waals surface area contributed by atoms with Crippen LogP contribution in [0.15, 0.2) is 60.1 Å². The number of allylic oxidation sites excluding steroid dienone is 6. The fourth-order valence-corrected chi connectivity index (χ4v) is 1.07. The average molecular weight is 298 g/mol. The molecule has 0 aromatic rings. The lowest BCUT2D eigenvalue weighted by Gasteiger charge is -2.10. The van der Waals surface area contributed by atoms with Crippen LogP contribution >= 0.6 is 0 Å². The molecule has 0 saturated heterocycles. The van der Waals surface area contributed by atoms with E-state index in [1.54, 1.807) is 26.0 Å². The van der Waals surface area contributed by atoms with Gasteiger partial charge < -0.3 is 4.74 Å². The Hall–Kier alpha value is -2.15. The monoisotopic (exact) mass is 298 g/mol. The van der Waals surface area contributed by atoms with E-state index in [0.29, 0.717) is 5.76 Å². The Morgan fingerprint density at radius 2 is 1.71 bits per heavy atom. The van der Waals surface area contributed by atoms with Crippen molar-refractivity contribution in [2.75, 3.05) is 0 Å². The van der Waals surface area contributed by atoms with Gasteiger partial charge in [-0.3, -0.25) is 0 Å². The summed E-state index contributed by atoms with van der Waals surface area (Å²) in [6.45, 7) is 13.6. The third-order valence-electron chi connectivity index (χ3n) is 1.83. The Kier molecular flexibility index (Phi) is 10.7. The molecule has 0 spiro atoms. The average Bonchev–Trinajstić information content (AvgIpc) is 2.34. The highest BCUT2D eigenvalue weighted by atomic mass is 19.4. The molecule has 0 saturated carbocycles. The summed E-state index contributed by atoms with van der Waals surface area (Å²) in [5.41, 5.74) is 0.0831. The molecule has 0 fully saturated rings. The van der Waals surface area contributed by atoms with Crippen molar-refractivity contribution in [2.24, 2.45) is 0 Å². The van der Waals surface area contributed by atoms with Gasteiger partial charge in [0.2, 0.25) is 0 Å². The first kappa shape index (κ1) is 21.2. The van der Waals surface area contributed by atoms with Crippen molar-refractivity contribution in [3.8, 4) is 12.3 Å². The third kappa shape index (κ3) is 11.4. The number of ether oxygens (including phenoxy) is 1. The molecule has 116 valence electrons. The zero-order chi connectivity index (χ0) is 17.1. The molecule has 0 aromatic carbocycles. The summed E-state index contributed by atoms with van der Waals surface area (Å²) >= 11 is 0. The fraction of sp³-hybridized carbons (Fsp3) is 0.294. The minimum absolute atomic E-state index is 0.0900. The Morgan fingerprint density at radius 3 is 2.00 bits per heavy atom. The van der Waals surface area contributed by atoms with Crippen LogP contribution in [0.4, 0.5) is 13.2 Å². The maximum atomic E-state index is 12.4. The molecule has 0 amide bonds. The molecule has 0 bridgehead atoms. The number of alkyl halides is 3. The molecule has 0 heterocycles. The lowest BCUT2D eigenvalue weighted by molar-refractivity contribution is -0.0883. The Labute approximate surface area is 125 Å². The van der Waals surface area contributed by atoms with E-state index < -0.39 is 11.7 Å². The van der Waals surface area contributed by atoms with Gasteiger partial charge in [0, 0.05) is 0 Å². The SMILES string of the molecule is C#CC.C=C/C(=C\C(=C)O/C(C=C(C)C)=C/C)C(F)(F)F. The highest BCUT2D eigenvalue weighted by Gasteiger charge is 2.31. The van der Waals surface area contributed by atoms with Crippen molar-refractivity contribution in [2.45, 2.75) is 33.9 Å². The second kappa shape index (κ2) is 10.6. The van der Waals surface area contributed by atoms with Gasteiger partial charge in [-0.2, -0.15) is 13.2 Å². The second-order valence-electron chi connectivity index (χ2n) is 4.07. The van der Waals surface area contributed by atoms with Gasteiger partial charge in [-0.25, -0.2) is 0 Å². The van der Waals surface area contributed by atoms with Crippen LogP contribution in [-0.4, -0.2) is 6.18 Å². The molecule has 0 rings (SSSR count). The minimum atomic E-state index is -4.46. The Bertz CT molecular complexity index is 479. The summed E-state index contributed by atoms with van der Waals surface area (Å²) < 4.78 is 42.5. The summed E-state index contributed by atoms with van der Waals surface area (Å²) in [6, 6.07) is 0. The maximum Gasteiger partial charge on any atom is 0.416 e. The van der Waals surface area contributed by atoms with Crippen molar-refractivity contribution in [1.29, 1.82) is 0 Å². The second-order valence-corrected chi connectivity index (χ2v) is 4.07. The minimum Gasteiger partial charge on any atom is -0.458 e. The molecule has 4 heteroatoms. The van der Waals surface area contributed by atoms with Crippen LogP contribution in [0.1, 0.15) is 27.7 Å². The third-order valence-corrected chi connectivity index (χ3v) is 1.83. The predicted molar refractivity (Wildman–Crippen MR) is 82.3 cm³/mol. The molecule has 0 aliphatic carbocycles. The highest BCUT2D eigenvalue weighted by molar-refractivity contribution is 5.30. The van der Waals surface area contributed by atoms with Crippen LogP contribution in [0.3, 0.4) is 0 Å². The number of rotatable bonds is 5. The van der Waals surface area contributed by atoms with E-state index in [4.69, 9.17) is 4.74 Å². The maximum absolute atomic E-state index is 12.4. The lowest BCUT2D eigenvalue weighted by atomic mass is 10.2. The summed E-state index contributed by atoms with van der Waals surface area (Å²) in [7, 11) is 0. The molecule has 0 aliphatic rings. The summed E-state index contributed by atoms with van der Waals surface area (Å²) in [4.78, 5) is 0. The summed E-state index contributed by atoms with van der Waals surface area (Å²) in [5, 5.41) is 0. The van der Waals surface area contributed by atoms with Crippen LogP contribution in [-0.2, 0) is 4.74 Å². The summed E-state index contributed by atoms with van der Waals surface area (Å²) in [5.74, 6) is 2.61. The fourth-order valence-electron chi connectivity index (χ4n) is 1.07. The van der Waals surface area contributed by atoms with E-state index in [0.717, 1.165) is 17.7 Å². The van der Waals surface area contributed by atoms with Crippen LogP contribution in [0.2, 0.25) is 0 Å². The normalized spacial score (nSPS) is 11.5. The van der Waals surface area contributed by atoms with Crippen LogP contribution < -0.4 is 0 Å². The standard InChI is InChI=1S/C14H17F3O.C3H4/c1-6-12(14(15,16)17)9-11(5)18-13(7-2)8-10(3)4;1-3-2/h6-9H,1,5H2,2-4H3;1H,2H3/b12-9+,13-7+;. The van der Waals surface area contributed by atoms with Gasteiger partial charge in [0.25, 0.3) is 0 Å². The predicted octanol–water partition coefficient (Wildman–Crippen LogP) is 5.70. The van der Waals surface area contributed by atoms with E-state index in [-0.39, 0.29) is 5.76 Å². The van der Waals surface area contributed by atoms with Gasteiger partial charge >= 0.3 is 6.18 Å². The van der Waals surface area contributed by atoms with Crippen LogP contribution in [0, 0.1) is 12.3 Å². The van der Waals surface area contributed by atoms with Crippen LogP contribution in [0.25, 0.3) is 0 Å². The lowest BCUT2D eigenvalue weighted by Crippen LogP contribution is -2.10. The molecule has 21 heavy (non-hydrogen) atoms. The van der Waals surface area contributed by atoms with E-state index in [1.165, 1.54) is 0 Å². The van der Waals surface area contributed by atoms with E-state index >= 15 is 0 Å². The highest BCUT2D eigenvalue weighted by Crippen LogP contribution is 2.27. The number of hydrogen-bond donors (Lipinski definition) is 0. The van der Waals surface area contributed by atoms with Crippen molar-refractivity contribution in [3.63, 3.8) is 0 Å². The van der Waals surface area contributed by atoms with Crippen LogP contribution in [0.5, 0.6) is 0 Å². The topological polar surface area (TPSA) is 9.23 Å². The largest absolute Gasteiger partial charge is 0.458 e. The Morgan fingerprint density at radius 1 is 1.24 bits per heavy atom. The molecule has 1 nitrogen and oxygen atoms in total. The molecule has 0 radical (unpaired) electrons. The quantitative estimate of drug-likeness (QED) is 0.359. The first-order chi connectivity index (χ1) is 9.62. The van der Waals surface area contributed by atoms with Gasteiger partial charge in [0.1, 0.15) is 11.5 Å². The molecule has 0 atom stereocenters. The van der Waals surface area contributed by atoms with Gasteiger partial charge in [0.05, 0.1) is 5.57 Å². The van der Waals surface area contributed by atoms with E-state index in [9.17, 15) is 13.2 Å².